The van der Waals surface area contributed by atoms with Crippen molar-refractivity contribution in [3.05, 3.63) is 41.5 Å². The number of anilines is 1. The third kappa shape index (κ3) is 3.92. The average molecular weight is 411 g/mol. The molecule has 1 aliphatic rings. The molecule has 1 aromatic carbocycles. The lowest BCUT2D eigenvalue weighted by atomic mass is 9.99. The number of fused-ring (bicyclic) bond motifs is 1. The first-order chi connectivity index (χ1) is 14.1. The Labute approximate surface area is 175 Å². The van der Waals surface area contributed by atoms with Crippen LogP contribution in [0.15, 0.2) is 36.0 Å². The highest BCUT2D eigenvalue weighted by Crippen LogP contribution is 2.38. The minimum absolute atomic E-state index is 0.235. The van der Waals surface area contributed by atoms with E-state index in [1.165, 1.54) is 16.7 Å². The first-order valence-corrected chi connectivity index (χ1v) is 11.0. The van der Waals surface area contributed by atoms with Crippen molar-refractivity contribution in [2.24, 2.45) is 0 Å². The fourth-order valence-corrected chi connectivity index (χ4v) is 4.59. The fourth-order valence-electron chi connectivity index (χ4n) is 3.67. The summed E-state index contributed by atoms with van der Waals surface area (Å²) in [6, 6.07) is 8.77. The Morgan fingerprint density at radius 1 is 1.14 bits per heavy atom. The minimum Gasteiger partial charge on any atom is -0.450 e. The molecule has 4 rings (SSSR count). The normalized spacial score (nSPS) is 14.6. The van der Waals surface area contributed by atoms with Crippen LogP contribution >= 0.6 is 11.3 Å². The fraction of sp³-hybridized carbons (Fsp3) is 0.409. The van der Waals surface area contributed by atoms with Crippen molar-refractivity contribution >= 4 is 33.5 Å². The zero-order valence-electron chi connectivity index (χ0n) is 17.1. The molecular weight excluding hydrogens is 384 g/mol. The quantitative estimate of drug-likeness (QED) is 0.621. The summed E-state index contributed by atoms with van der Waals surface area (Å²) in [7, 11) is 0. The lowest BCUT2D eigenvalue weighted by Gasteiger charge is -2.35. The number of thiophene rings is 1. The van der Waals surface area contributed by atoms with Crippen molar-refractivity contribution in [2.45, 2.75) is 26.7 Å². The van der Waals surface area contributed by atoms with Crippen LogP contribution in [0.4, 0.5) is 10.6 Å². The third-order valence-corrected chi connectivity index (χ3v) is 6.23. The summed E-state index contributed by atoms with van der Waals surface area (Å²) < 4.78 is 5.13. The maximum absolute atomic E-state index is 12.0. The molecule has 7 heteroatoms. The van der Waals surface area contributed by atoms with Gasteiger partial charge in [-0.2, -0.15) is 0 Å². The van der Waals surface area contributed by atoms with Crippen LogP contribution in [0, 0.1) is 0 Å². The molecule has 3 aromatic rings. The van der Waals surface area contributed by atoms with E-state index in [4.69, 9.17) is 4.74 Å². The van der Waals surface area contributed by atoms with E-state index in [0.717, 1.165) is 29.1 Å². The van der Waals surface area contributed by atoms with Gasteiger partial charge in [0.2, 0.25) is 0 Å². The van der Waals surface area contributed by atoms with Crippen LogP contribution in [0.1, 0.15) is 32.3 Å². The Hall–Kier alpha value is -2.67. The van der Waals surface area contributed by atoms with Crippen LogP contribution in [0.25, 0.3) is 21.3 Å². The molecule has 1 saturated heterocycles. The Morgan fingerprint density at radius 3 is 2.52 bits per heavy atom. The average Bonchev–Trinajstić information content (AvgIpc) is 3.18. The molecule has 1 fully saturated rings. The van der Waals surface area contributed by atoms with E-state index in [9.17, 15) is 4.79 Å². The summed E-state index contributed by atoms with van der Waals surface area (Å²) in [4.78, 5) is 26.1. The van der Waals surface area contributed by atoms with Crippen molar-refractivity contribution in [3.8, 4) is 11.1 Å². The second kappa shape index (κ2) is 8.37. The molecule has 0 unspecified atom stereocenters. The molecule has 1 amide bonds. The summed E-state index contributed by atoms with van der Waals surface area (Å²) in [6.45, 7) is 9.36. The standard InChI is InChI=1S/C22H26N4O2S/c1-4-28-22(27)26-11-9-25(10-12-26)20-19-18(13-29-21(19)24-14-23-20)17-7-5-16(6-8-17)15(2)3/h5-8,13-15H,4,9-12H2,1-3H3. The maximum Gasteiger partial charge on any atom is 0.409 e. The molecule has 3 heterocycles. The minimum atomic E-state index is -0.235. The van der Waals surface area contributed by atoms with Gasteiger partial charge in [0.15, 0.2) is 0 Å². The second-order valence-electron chi connectivity index (χ2n) is 7.48. The molecule has 0 bridgehead atoms. The van der Waals surface area contributed by atoms with Gasteiger partial charge in [-0.1, -0.05) is 38.1 Å². The molecule has 0 radical (unpaired) electrons. The van der Waals surface area contributed by atoms with Crippen molar-refractivity contribution in [1.82, 2.24) is 14.9 Å². The van der Waals surface area contributed by atoms with Gasteiger partial charge in [0, 0.05) is 37.1 Å². The maximum atomic E-state index is 12.0. The Bertz CT molecular complexity index is 992. The van der Waals surface area contributed by atoms with E-state index in [1.807, 2.05) is 6.92 Å². The van der Waals surface area contributed by atoms with Crippen LogP contribution < -0.4 is 4.90 Å². The molecule has 1 aliphatic heterocycles. The SMILES string of the molecule is CCOC(=O)N1CCN(c2ncnc3scc(-c4ccc(C(C)C)cc4)c23)CC1. The highest BCUT2D eigenvalue weighted by molar-refractivity contribution is 7.17. The first kappa shape index (κ1) is 19.6. The largest absolute Gasteiger partial charge is 0.450 e. The first-order valence-electron chi connectivity index (χ1n) is 10.1. The third-order valence-electron chi connectivity index (χ3n) is 5.34. The second-order valence-corrected chi connectivity index (χ2v) is 8.33. The van der Waals surface area contributed by atoms with Gasteiger partial charge < -0.3 is 14.5 Å². The van der Waals surface area contributed by atoms with Gasteiger partial charge in [-0.25, -0.2) is 14.8 Å². The predicted octanol–water partition coefficient (Wildman–Crippen LogP) is 4.76. The number of aromatic nitrogens is 2. The molecule has 0 aliphatic carbocycles. The van der Waals surface area contributed by atoms with Crippen LogP contribution in [0.2, 0.25) is 0 Å². The van der Waals surface area contributed by atoms with Crippen LogP contribution in [-0.4, -0.2) is 53.7 Å². The van der Waals surface area contributed by atoms with Crippen molar-refractivity contribution in [3.63, 3.8) is 0 Å². The van der Waals surface area contributed by atoms with E-state index in [1.54, 1.807) is 22.6 Å². The van der Waals surface area contributed by atoms with Gasteiger partial charge in [-0.15, -0.1) is 11.3 Å². The van der Waals surface area contributed by atoms with Crippen molar-refractivity contribution in [2.75, 3.05) is 37.7 Å². The molecule has 0 N–H and O–H groups in total. The zero-order valence-corrected chi connectivity index (χ0v) is 17.9. The van der Waals surface area contributed by atoms with Crippen LogP contribution in [-0.2, 0) is 4.74 Å². The number of piperazine rings is 1. The van der Waals surface area contributed by atoms with E-state index in [-0.39, 0.29) is 6.09 Å². The monoisotopic (exact) mass is 410 g/mol. The lowest BCUT2D eigenvalue weighted by Crippen LogP contribution is -2.49. The summed E-state index contributed by atoms with van der Waals surface area (Å²) in [5.74, 6) is 1.46. The Morgan fingerprint density at radius 2 is 1.86 bits per heavy atom. The number of nitrogens with zero attached hydrogens (tertiary/aromatic N) is 4. The molecule has 2 aromatic heterocycles. The van der Waals surface area contributed by atoms with Gasteiger partial charge in [0.1, 0.15) is 17.0 Å². The van der Waals surface area contributed by atoms with Crippen molar-refractivity contribution in [1.29, 1.82) is 0 Å². The number of carbonyl (C=O) groups excluding carboxylic acids is 1. The van der Waals surface area contributed by atoms with E-state index < -0.39 is 0 Å². The highest BCUT2D eigenvalue weighted by atomic mass is 32.1. The molecule has 0 atom stereocenters. The zero-order chi connectivity index (χ0) is 20.4. The number of benzene rings is 1. The van der Waals surface area contributed by atoms with E-state index in [0.29, 0.717) is 25.6 Å². The molecule has 6 nitrogen and oxygen atoms in total. The Balaban J connectivity index is 1.63. The molecule has 0 saturated carbocycles. The van der Waals surface area contributed by atoms with Gasteiger partial charge in [-0.05, 0) is 24.0 Å². The predicted molar refractivity (Wildman–Crippen MR) is 118 cm³/mol. The van der Waals surface area contributed by atoms with E-state index in [2.05, 4.69) is 58.4 Å². The molecular formula is C22H26N4O2S. The van der Waals surface area contributed by atoms with E-state index >= 15 is 0 Å². The number of amides is 1. The van der Waals surface area contributed by atoms with Crippen LogP contribution in [0.3, 0.4) is 0 Å². The summed E-state index contributed by atoms with van der Waals surface area (Å²) in [5.41, 5.74) is 3.69. The molecule has 152 valence electrons. The summed E-state index contributed by atoms with van der Waals surface area (Å²) in [5, 5.41) is 3.27. The summed E-state index contributed by atoms with van der Waals surface area (Å²) >= 11 is 1.65. The van der Waals surface area contributed by atoms with Gasteiger partial charge in [-0.3, -0.25) is 0 Å². The smallest absolute Gasteiger partial charge is 0.409 e. The number of carbonyl (C=O) groups is 1. The lowest BCUT2D eigenvalue weighted by molar-refractivity contribution is 0.105. The number of hydrogen-bond donors (Lipinski definition) is 0. The highest BCUT2D eigenvalue weighted by Gasteiger charge is 2.25. The number of rotatable bonds is 4. The van der Waals surface area contributed by atoms with Gasteiger partial charge in [0.05, 0.1) is 12.0 Å². The molecule has 0 spiro atoms. The van der Waals surface area contributed by atoms with Gasteiger partial charge >= 0.3 is 6.09 Å². The Kier molecular flexibility index (Phi) is 5.67. The number of hydrogen-bond acceptors (Lipinski definition) is 6. The number of ether oxygens (including phenoxy) is 1. The summed E-state index contributed by atoms with van der Waals surface area (Å²) in [6.07, 6.45) is 1.40. The molecule has 29 heavy (non-hydrogen) atoms. The van der Waals surface area contributed by atoms with Gasteiger partial charge in [0.25, 0.3) is 0 Å². The topological polar surface area (TPSA) is 58.6 Å². The van der Waals surface area contributed by atoms with Crippen LogP contribution in [0.5, 0.6) is 0 Å². The van der Waals surface area contributed by atoms with Crippen molar-refractivity contribution < 1.29 is 9.53 Å².